The maximum Gasteiger partial charge on any atom is 0.0769 e. The molecule has 1 aliphatic heterocycles. The zero-order chi connectivity index (χ0) is 20.3. The van der Waals surface area contributed by atoms with Crippen molar-refractivity contribution in [2.45, 2.75) is 107 Å². The fourth-order valence-corrected chi connectivity index (χ4v) is 6.48. The van der Waals surface area contributed by atoms with Gasteiger partial charge in [-0.1, -0.05) is 38.6 Å². The molecule has 3 aliphatic rings. The van der Waals surface area contributed by atoms with E-state index in [0.29, 0.717) is 11.8 Å². The zero-order valence-electron chi connectivity index (χ0n) is 18.3. The third kappa shape index (κ3) is 3.59. The second-order valence-corrected chi connectivity index (χ2v) is 11.5. The van der Waals surface area contributed by atoms with E-state index >= 15 is 0 Å². The molecule has 1 N–H and O–H groups in total. The second-order valence-electron chi connectivity index (χ2n) is 10.5. The van der Waals surface area contributed by atoms with Crippen molar-refractivity contribution >= 4 is 11.6 Å². The van der Waals surface area contributed by atoms with Gasteiger partial charge in [0.25, 0.3) is 0 Å². The van der Waals surface area contributed by atoms with Gasteiger partial charge in [-0.15, -0.1) is 17.1 Å². The minimum atomic E-state index is -0.448. The molecule has 2 saturated carbocycles. The Morgan fingerprint density at radius 2 is 1.48 bits per heavy atom. The smallest absolute Gasteiger partial charge is 0.0769 e. The molecule has 1 heterocycles. The molecule has 4 nitrogen and oxygen atoms in total. The van der Waals surface area contributed by atoms with Crippen molar-refractivity contribution in [3.63, 3.8) is 0 Å². The van der Waals surface area contributed by atoms with Crippen LogP contribution in [0.4, 0.5) is 0 Å². The molecule has 27 heavy (non-hydrogen) atoms. The van der Waals surface area contributed by atoms with Crippen LogP contribution in [-0.2, 0) is 4.74 Å². The first kappa shape index (κ1) is 21.8. The highest BCUT2D eigenvalue weighted by molar-refractivity contribution is 6.23. The summed E-state index contributed by atoms with van der Waals surface area (Å²) in [6.45, 7) is 10.7. The first-order chi connectivity index (χ1) is 12.4. The van der Waals surface area contributed by atoms with Gasteiger partial charge in [-0.3, -0.25) is 0 Å². The Labute approximate surface area is 171 Å². The molecule has 8 atom stereocenters. The average molecular weight is 399 g/mol. The van der Waals surface area contributed by atoms with E-state index < -0.39 is 6.10 Å². The van der Waals surface area contributed by atoms with Crippen molar-refractivity contribution in [3.05, 3.63) is 10.6 Å². The first-order valence-corrected chi connectivity index (χ1v) is 11.0. The summed E-state index contributed by atoms with van der Waals surface area (Å²) in [6.07, 6.45) is 5.72. The van der Waals surface area contributed by atoms with Gasteiger partial charge in [0.1, 0.15) is 0 Å². The highest BCUT2D eigenvalue weighted by Gasteiger charge is 2.57. The van der Waals surface area contributed by atoms with Crippen LogP contribution >= 0.6 is 11.6 Å². The molecule has 158 valence electrons. The summed E-state index contributed by atoms with van der Waals surface area (Å²) >= 11 is 6.60. The van der Waals surface area contributed by atoms with E-state index in [0.717, 1.165) is 38.5 Å². The first-order valence-electron chi connectivity index (χ1n) is 10.7. The van der Waals surface area contributed by atoms with Gasteiger partial charge in [0, 0.05) is 6.10 Å². The van der Waals surface area contributed by atoms with Gasteiger partial charge in [-0.2, -0.15) is 14.1 Å². The number of aliphatic hydroxyl groups is 1. The molecule has 5 heteroatoms. The van der Waals surface area contributed by atoms with Crippen molar-refractivity contribution in [2.75, 3.05) is 14.1 Å². The molecular weight excluding hydrogens is 360 g/mol. The maximum absolute atomic E-state index is 11.5. The Morgan fingerprint density at radius 1 is 0.926 bits per heavy atom. The Bertz CT molecular complexity index is 553. The van der Waals surface area contributed by atoms with Crippen LogP contribution in [-0.4, -0.2) is 53.0 Å². The zero-order valence-corrected chi connectivity index (χ0v) is 19.0. The lowest BCUT2D eigenvalue weighted by Crippen LogP contribution is -2.62. The second kappa shape index (κ2) is 7.12. The SMILES string of the molecule is C[N-][C@]1(C)CC[C@@H]2[C@@H]([C@H]1O)[C@H]([C@]1(C)CC[C@H](C(C)(C)Cl)O1)CC[C@@]2(C)[N-]C. The lowest BCUT2D eigenvalue weighted by atomic mass is 9.51. The number of nitrogens with zero attached hydrogens (tertiary/aromatic N) is 2. The Morgan fingerprint density at radius 3 is 2.00 bits per heavy atom. The third-order valence-electron chi connectivity index (χ3n) is 8.54. The summed E-state index contributed by atoms with van der Waals surface area (Å²) in [4.78, 5) is -0.364. The van der Waals surface area contributed by atoms with E-state index in [2.05, 4.69) is 26.1 Å². The number of hydrogen-bond donors (Lipinski definition) is 1. The maximum atomic E-state index is 11.5. The van der Waals surface area contributed by atoms with Gasteiger partial charge in [-0.25, -0.2) is 0 Å². The van der Waals surface area contributed by atoms with Crippen LogP contribution in [0.3, 0.4) is 0 Å². The molecular formula is C22H39ClN2O2-2. The molecule has 2 aliphatic carbocycles. The highest BCUT2D eigenvalue weighted by Crippen LogP contribution is 2.59. The van der Waals surface area contributed by atoms with Crippen LogP contribution in [0.15, 0.2) is 0 Å². The average Bonchev–Trinajstić information content (AvgIpc) is 3.02. The summed E-state index contributed by atoms with van der Waals surface area (Å²) in [7, 11) is 3.80. The van der Waals surface area contributed by atoms with Crippen molar-refractivity contribution in [1.82, 2.24) is 0 Å². The topological polar surface area (TPSA) is 57.7 Å². The van der Waals surface area contributed by atoms with Crippen molar-refractivity contribution in [3.8, 4) is 0 Å². The van der Waals surface area contributed by atoms with E-state index in [9.17, 15) is 5.11 Å². The number of likely N-dealkylation sites (N-methyl/N-ethyl adjacent to an activating group) is 1. The van der Waals surface area contributed by atoms with Gasteiger partial charge < -0.3 is 20.5 Å². The molecule has 0 aromatic carbocycles. The normalized spacial score (nSPS) is 51.2. The summed E-state index contributed by atoms with van der Waals surface area (Å²) in [5.74, 6) is 0.865. The lowest BCUT2D eigenvalue weighted by Gasteiger charge is -2.67. The Hall–Kier alpha value is 0.130. The van der Waals surface area contributed by atoms with Crippen molar-refractivity contribution < 1.29 is 9.84 Å². The molecule has 0 aromatic rings. The predicted molar refractivity (Wildman–Crippen MR) is 113 cm³/mol. The number of aliphatic hydroxyl groups excluding tert-OH is 1. The minimum absolute atomic E-state index is 0.0582. The fourth-order valence-electron chi connectivity index (χ4n) is 6.33. The van der Waals surface area contributed by atoms with Crippen LogP contribution < -0.4 is 0 Å². The van der Waals surface area contributed by atoms with E-state index in [4.69, 9.17) is 21.7 Å². The molecule has 0 spiro atoms. The van der Waals surface area contributed by atoms with Gasteiger partial charge in [0.05, 0.1) is 16.6 Å². The number of fused-ring (bicyclic) bond motifs is 1. The van der Waals surface area contributed by atoms with E-state index in [1.165, 1.54) is 0 Å². The van der Waals surface area contributed by atoms with E-state index in [1.807, 2.05) is 27.9 Å². The van der Waals surface area contributed by atoms with E-state index in [-0.39, 0.29) is 33.6 Å². The fraction of sp³-hybridized carbons (Fsp3) is 1.00. The summed E-state index contributed by atoms with van der Waals surface area (Å²) in [6, 6.07) is 0. The Kier molecular flexibility index (Phi) is 5.76. The molecule has 0 bridgehead atoms. The van der Waals surface area contributed by atoms with Crippen molar-refractivity contribution in [2.24, 2.45) is 17.8 Å². The molecule has 0 unspecified atom stereocenters. The molecule has 1 saturated heterocycles. The molecule has 0 aromatic heterocycles. The molecule has 0 amide bonds. The third-order valence-corrected chi connectivity index (χ3v) is 8.78. The monoisotopic (exact) mass is 398 g/mol. The predicted octanol–water partition coefficient (Wildman–Crippen LogP) is 5.26. The van der Waals surface area contributed by atoms with Crippen LogP contribution in [0.25, 0.3) is 10.6 Å². The van der Waals surface area contributed by atoms with Gasteiger partial charge in [-0.05, 0) is 57.8 Å². The number of hydrogen-bond acceptors (Lipinski definition) is 2. The largest absolute Gasteiger partial charge is 0.659 e. The highest BCUT2D eigenvalue weighted by atomic mass is 35.5. The Balaban J connectivity index is 1.94. The summed E-state index contributed by atoms with van der Waals surface area (Å²) < 4.78 is 6.65. The van der Waals surface area contributed by atoms with Gasteiger partial charge in [0.15, 0.2) is 0 Å². The lowest BCUT2D eigenvalue weighted by molar-refractivity contribution is -0.157. The van der Waals surface area contributed by atoms with Crippen LogP contribution in [0.1, 0.15) is 73.1 Å². The summed E-state index contributed by atoms with van der Waals surface area (Å²) in [5.41, 5.74) is -0.662. The van der Waals surface area contributed by atoms with Gasteiger partial charge >= 0.3 is 0 Å². The van der Waals surface area contributed by atoms with E-state index in [1.54, 1.807) is 0 Å². The molecule has 3 rings (SSSR count). The van der Waals surface area contributed by atoms with Crippen LogP contribution in [0.5, 0.6) is 0 Å². The molecule has 3 fully saturated rings. The minimum Gasteiger partial charge on any atom is -0.659 e. The summed E-state index contributed by atoms with van der Waals surface area (Å²) in [5, 5.41) is 20.9. The molecule has 0 radical (unpaired) electrons. The number of rotatable bonds is 4. The standard InChI is InChI=1S/C22H39ClN2O2/c1-19(2,23)16-10-13-22(5,27-16)15-9-11-20(3,24-6)14-8-12-21(4,25-7)18(26)17(14)15/h14-18,26H,8-13H2,1-7H3/q-2/t14-,15-,16-,17-,18-,20-,21-,22+/m1/s1. The van der Waals surface area contributed by atoms with Gasteiger partial charge in [0.2, 0.25) is 0 Å². The van der Waals surface area contributed by atoms with Crippen LogP contribution in [0.2, 0.25) is 0 Å². The quantitative estimate of drug-likeness (QED) is 0.656. The number of alkyl halides is 1. The van der Waals surface area contributed by atoms with Crippen molar-refractivity contribution in [1.29, 1.82) is 0 Å². The number of ether oxygens (including phenoxy) is 1. The number of halogens is 1. The van der Waals surface area contributed by atoms with Crippen LogP contribution in [0, 0.1) is 17.8 Å².